The van der Waals surface area contributed by atoms with Gasteiger partial charge in [0, 0.05) is 17.0 Å². The van der Waals surface area contributed by atoms with Gasteiger partial charge in [0.1, 0.15) is 10.0 Å². The van der Waals surface area contributed by atoms with Crippen molar-refractivity contribution in [3.8, 4) is 0 Å². The summed E-state index contributed by atoms with van der Waals surface area (Å²) < 4.78 is 0. The van der Waals surface area contributed by atoms with Gasteiger partial charge in [-0.3, -0.25) is 20.2 Å². The summed E-state index contributed by atoms with van der Waals surface area (Å²) in [6.07, 6.45) is 7.63. The van der Waals surface area contributed by atoms with Crippen LogP contribution in [0.4, 0.5) is 10.8 Å². The van der Waals surface area contributed by atoms with E-state index in [-0.39, 0.29) is 21.7 Å². The lowest BCUT2D eigenvalue weighted by molar-refractivity contribution is -0.384. The smallest absolute Gasteiger partial charge is 0.288 e. The third-order valence-electron chi connectivity index (χ3n) is 6.54. The van der Waals surface area contributed by atoms with Crippen LogP contribution in [0.15, 0.2) is 18.2 Å². The van der Waals surface area contributed by atoms with Crippen LogP contribution in [-0.4, -0.2) is 21.0 Å². The number of aromatic nitrogens is 2. The predicted molar refractivity (Wildman–Crippen MR) is 106 cm³/mol. The second-order valence-electron chi connectivity index (χ2n) is 8.49. The maximum absolute atomic E-state index is 12.5. The first-order valence-corrected chi connectivity index (χ1v) is 10.7. The number of amides is 1. The Labute approximate surface area is 170 Å². The molecule has 4 fully saturated rings. The molecule has 6 rings (SSSR count). The summed E-state index contributed by atoms with van der Waals surface area (Å²) >= 11 is 7.26. The van der Waals surface area contributed by atoms with Crippen molar-refractivity contribution in [2.24, 2.45) is 17.8 Å². The maximum Gasteiger partial charge on any atom is 0.288 e. The zero-order chi connectivity index (χ0) is 19.5. The third-order valence-corrected chi connectivity index (χ3v) is 7.95. The van der Waals surface area contributed by atoms with Crippen molar-refractivity contribution in [1.82, 2.24) is 10.2 Å². The fourth-order valence-electron chi connectivity index (χ4n) is 5.82. The van der Waals surface area contributed by atoms with Crippen LogP contribution in [-0.2, 0) is 5.41 Å². The fraction of sp³-hybridized carbons (Fsp3) is 0.526. The lowest BCUT2D eigenvalue weighted by Gasteiger charge is -2.55. The molecule has 146 valence electrons. The molecule has 28 heavy (non-hydrogen) atoms. The number of halogens is 1. The molecule has 0 radical (unpaired) electrons. The first kappa shape index (κ1) is 18.0. The molecule has 4 saturated carbocycles. The lowest BCUT2D eigenvalue weighted by atomic mass is 9.50. The van der Waals surface area contributed by atoms with Crippen LogP contribution >= 0.6 is 22.9 Å². The molecular formula is C19H19ClN4O3S. The van der Waals surface area contributed by atoms with Crippen molar-refractivity contribution in [2.45, 2.75) is 43.9 Å². The van der Waals surface area contributed by atoms with Gasteiger partial charge in [0.05, 0.1) is 4.92 Å². The highest BCUT2D eigenvalue weighted by molar-refractivity contribution is 7.15. The van der Waals surface area contributed by atoms with Crippen LogP contribution in [0.1, 0.15) is 53.9 Å². The Balaban J connectivity index is 1.35. The van der Waals surface area contributed by atoms with E-state index in [2.05, 4.69) is 15.5 Å². The molecule has 0 saturated heterocycles. The number of nitrogens with zero attached hydrogens (tertiary/aromatic N) is 3. The number of rotatable bonds is 4. The second kappa shape index (κ2) is 6.49. The highest BCUT2D eigenvalue weighted by Gasteiger charge is 2.53. The van der Waals surface area contributed by atoms with Crippen LogP contribution in [0.2, 0.25) is 5.02 Å². The topological polar surface area (TPSA) is 98.0 Å². The number of hydrogen-bond acceptors (Lipinski definition) is 6. The lowest BCUT2D eigenvalue weighted by Crippen LogP contribution is -2.48. The molecule has 9 heteroatoms. The van der Waals surface area contributed by atoms with Gasteiger partial charge in [0.15, 0.2) is 0 Å². The van der Waals surface area contributed by atoms with E-state index in [1.54, 1.807) is 0 Å². The van der Waals surface area contributed by atoms with E-state index in [0.717, 1.165) is 22.8 Å². The van der Waals surface area contributed by atoms with Crippen molar-refractivity contribution < 1.29 is 9.72 Å². The molecule has 1 heterocycles. The van der Waals surface area contributed by atoms with Gasteiger partial charge < -0.3 is 0 Å². The summed E-state index contributed by atoms with van der Waals surface area (Å²) in [6.45, 7) is 0. The van der Waals surface area contributed by atoms with Crippen molar-refractivity contribution in [2.75, 3.05) is 5.32 Å². The monoisotopic (exact) mass is 418 g/mol. The van der Waals surface area contributed by atoms with E-state index >= 15 is 0 Å². The van der Waals surface area contributed by atoms with Gasteiger partial charge in [-0.15, -0.1) is 10.2 Å². The zero-order valence-corrected chi connectivity index (χ0v) is 16.6. The largest absolute Gasteiger partial charge is 0.296 e. The van der Waals surface area contributed by atoms with Gasteiger partial charge in [-0.1, -0.05) is 22.9 Å². The average Bonchev–Trinajstić information content (AvgIpc) is 3.10. The van der Waals surface area contributed by atoms with Crippen molar-refractivity contribution in [3.63, 3.8) is 0 Å². The molecule has 1 aromatic carbocycles. The van der Waals surface area contributed by atoms with E-state index in [9.17, 15) is 14.9 Å². The molecule has 1 amide bonds. The Bertz CT molecular complexity index is 941. The second-order valence-corrected chi connectivity index (χ2v) is 9.87. The number of carbonyl (C=O) groups excluding carboxylic acids is 1. The number of anilines is 1. The average molecular weight is 419 g/mol. The van der Waals surface area contributed by atoms with Crippen LogP contribution in [0.25, 0.3) is 0 Å². The Morgan fingerprint density at radius 1 is 1.18 bits per heavy atom. The summed E-state index contributed by atoms with van der Waals surface area (Å²) in [5.41, 5.74) is 0.0116. The van der Waals surface area contributed by atoms with Gasteiger partial charge in [0.2, 0.25) is 5.13 Å². The Kier molecular flexibility index (Phi) is 4.17. The molecule has 2 aromatic rings. The number of nitro benzene ring substituents is 1. The van der Waals surface area contributed by atoms with E-state index in [1.165, 1.54) is 68.1 Å². The van der Waals surface area contributed by atoms with E-state index in [0.29, 0.717) is 5.13 Å². The fourth-order valence-corrected chi connectivity index (χ4v) is 6.97. The summed E-state index contributed by atoms with van der Waals surface area (Å²) in [6, 6.07) is 4.00. The molecule has 0 aliphatic heterocycles. The molecule has 7 nitrogen and oxygen atoms in total. The molecule has 0 spiro atoms. The minimum Gasteiger partial charge on any atom is -0.296 e. The SMILES string of the molecule is O=C(Nc1nnc(C23CC4CC(CC(C4)C2)C3)s1)c1ccc(Cl)c([N+](=O)[O-])c1. The number of carbonyl (C=O) groups is 1. The van der Waals surface area contributed by atoms with Crippen LogP contribution < -0.4 is 5.32 Å². The van der Waals surface area contributed by atoms with E-state index < -0.39 is 10.8 Å². The molecule has 0 atom stereocenters. The van der Waals surface area contributed by atoms with Gasteiger partial charge in [-0.2, -0.15) is 0 Å². The standard InChI is InChI=1S/C19H19ClN4O3S/c20-14-2-1-13(6-15(14)24(26)27)16(25)21-18-23-22-17(28-18)19-7-10-3-11(8-19)5-12(4-10)9-19/h1-2,6,10-12H,3-5,7-9H2,(H,21,23,25). The van der Waals surface area contributed by atoms with Gasteiger partial charge >= 0.3 is 0 Å². The van der Waals surface area contributed by atoms with Crippen LogP contribution in [0.3, 0.4) is 0 Å². The molecule has 4 bridgehead atoms. The number of benzene rings is 1. The predicted octanol–water partition coefficient (Wildman–Crippen LogP) is 4.82. The van der Waals surface area contributed by atoms with Crippen LogP contribution in [0.5, 0.6) is 0 Å². The first-order chi connectivity index (χ1) is 13.4. The minimum absolute atomic E-state index is 0.00145. The highest BCUT2D eigenvalue weighted by Crippen LogP contribution is 2.61. The molecule has 1 N–H and O–H groups in total. The number of hydrogen-bond donors (Lipinski definition) is 1. The first-order valence-electron chi connectivity index (χ1n) is 9.51. The molecule has 0 unspecified atom stereocenters. The molecule has 4 aliphatic rings. The summed E-state index contributed by atoms with van der Waals surface area (Å²) in [5.74, 6) is 1.97. The van der Waals surface area contributed by atoms with Gasteiger partial charge in [-0.25, -0.2) is 0 Å². The quantitative estimate of drug-likeness (QED) is 0.566. The highest BCUT2D eigenvalue weighted by atomic mass is 35.5. The Hall–Kier alpha value is -2.06. The third kappa shape index (κ3) is 2.99. The molecular weight excluding hydrogens is 400 g/mol. The maximum atomic E-state index is 12.5. The molecule has 4 aliphatic carbocycles. The normalized spacial score (nSPS) is 30.4. The zero-order valence-electron chi connectivity index (χ0n) is 15.1. The number of nitro groups is 1. The van der Waals surface area contributed by atoms with Crippen molar-refractivity contribution in [1.29, 1.82) is 0 Å². The number of nitrogens with one attached hydrogen (secondary N) is 1. The van der Waals surface area contributed by atoms with Crippen LogP contribution in [0, 0.1) is 27.9 Å². The Morgan fingerprint density at radius 2 is 1.82 bits per heavy atom. The van der Waals surface area contributed by atoms with Crippen molar-refractivity contribution in [3.05, 3.63) is 43.9 Å². The molecule has 1 aromatic heterocycles. The summed E-state index contributed by atoms with van der Waals surface area (Å²) in [5, 5.41) is 23.9. The van der Waals surface area contributed by atoms with Crippen molar-refractivity contribution >= 4 is 39.7 Å². The Morgan fingerprint density at radius 3 is 2.43 bits per heavy atom. The van der Waals surface area contributed by atoms with E-state index in [1.807, 2.05) is 0 Å². The van der Waals surface area contributed by atoms with Gasteiger partial charge in [-0.05, 0) is 68.4 Å². The van der Waals surface area contributed by atoms with Gasteiger partial charge in [0.25, 0.3) is 11.6 Å². The minimum atomic E-state index is -0.602. The summed E-state index contributed by atoms with van der Waals surface area (Å²) in [4.78, 5) is 23.0. The summed E-state index contributed by atoms with van der Waals surface area (Å²) in [7, 11) is 0. The van der Waals surface area contributed by atoms with E-state index in [4.69, 9.17) is 11.6 Å².